The molecular weight excluding hydrogens is 531 g/mol. The summed E-state index contributed by atoms with van der Waals surface area (Å²) in [4.78, 5) is 25.4. The maximum absolute atomic E-state index is 13.8. The fourth-order valence-electron chi connectivity index (χ4n) is 4.78. The number of halogens is 2. The highest BCUT2D eigenvalue weighted by Gasteiger charge is 2.30. The number of carbonyl (C=O) groups is 2. The molecule has 2 bridgehead atoms. The highest BCUT2D eigenvalue weighted by Crippen LogP contribution is 2.30. The van der Waals surface area contributed by atoms with Gasteiger partial charge in [0, 0.05) is 37.7 Å². The summed E-state index contributed by atoms with van der Waals surface area (Å²) in [5.41, 5.74) is 0.417. The molecule has 1 heterocycles. The Labute approximate surface area is 227 Å². The van der Waals surface area contributed by atoms with E-state index in [1.54, 1.807) is 12.2 Å². The van der Waals surface area contributed by atoms with Crippen molar-refractivity contribution in [3.63, 3.8) is 0 Å². The fourth-order valence-corrected chi connectivity index (χ4v) is 6.70. The van der Waals surface area contributed by atoms with E-state index < -0.39 is 21.7 Å². The monoisotopic (exact) mass is 562 g/mol. The van der Waals surface area contributed by atoms with Gasteiger partial charge in [-0.2, -0.15) is 0 Å². The predicted molar refractivity (Wildman–Crippen MR) is 145 cm³/mol. The topological polar surface area (TPSA) is 108 Å². The largest absolute Gasteiger partial charge is 0.356 e. The summed E-state index contributed by atoms with van der Waals surface area (Å²) in [5.74, 6) is -0.883. The minimum atomic E-state index is -4.22. The van der Waals surface area contributed by atoms with Gasteiger partial charge in [-0.25, -0.2) is 12.8 Å². The SMILES string of the molecule is O=C1CCNC/C=C/CN(c2ccc(F)cc2)S(=O)(=O)c2cc(ccc2Cl)C(=O)NC2CCCCC2CN1. The Morgan fingerprint density at radius 2 is 1.76 bits per heavy atom. The van der Waals surface area contributed by atoms with Gasteiger partial charge in [-0.15, -0.1) is 0 Å². The Morgan fingerprint density at radius 1 is 1.00 bits per heavy atom. The Balaban J connectivity index is 1.70. The number of anilines is 1. The lowest BCUT2D eigenvalue weighted by atomic mass is 9.84. The van der Waals surface area contributed by atoms with Crippen molar-refractivity contribution in [1.82, 2.24) is 16.0 Å². The summed E-state index contributed by atoms with van der Waals surface area (Å²) < 4.78 is 42.4. The normalized spacial score (nSPS) is 24.1. The van der Waals surface area contributed by atoms with Gasteiger partial charge in [0.2, 0.25) is 5.91 Å². The molecule has 1 aliphatic carbocycles. The quantitative estimate of drug-likeness (QED) is 0.460. The zero-order chi connectivity index (χ0) is 27.1. The molecule has 1 saturated carbocycles. The molecule has 1 fully saturated rings. The minimum Gasteiger partial charge on any atom is -0.356 e. The first-order chi connectivity index (χ1) is 18.3. The predicted octanol–water partition coefficient (Wildman–Crippen LogP) is 3.63. The Kier molecular flexibility index (Phi) is 9.40. The molecule has 2 amide bonds. The number of hydrogen-bond acceptors (Lipinski definition) is 5. The summed E-state index contributed by atoms with van der Waals surface area (Å²) in [7, 11) is -4.22. The summed E-state index contributed by atoms with van der Waals surface area (Å²) in [6, 6.07) is 9.14. The van der Waals surface area contributed by atoms with Crippen LogP contribution in [0.3, 0.4) is 0 Å². The van der Waals surface area contributed by atoms with Crippen molar-refractivity contribution in [2.75, 3.05) is 30.5 Å². The van der Waals surface area contributed by atoms with Gasteiger partial charge in [-0.05, 0) is 61.2 Å². The van der Waals surface area contributed by atoms with Crippen LogP contribution in [0.4, 0.5) is 10.1 Å². The van der Waals surface area contributed by atoms with Crippen LogP contribution in [-0.4, -0.2) is 52.5 Å². The first kappa shape index (κ1) is 28.1. The second-order valence-corrected chi connectivity index (χ2v) is 11.7. The molecule has 204 valence electrons. The van der Waals surface area contributed by atoms with Gasteiger partial charge < -0.3 is 16.0 Å². The van der Waals surface area contributed by atoms with Gasteiger partial charge in [0.15, 0.2) is 0 Å². The van der Waals surface area contributed by atoms with E-state index in [9.17, 15) is 22.4 Å². The van der Waals surface area contributed by atoms with E-state index in [0.29, 0.717) is 26.1 Å². The minimum absolute atomic E-state index is 0.0246. The van der Waals surface area contributed by atoms with Gasteiger partial charge in [-0.3, -0.25) is 13.9 Å². The van der Waals surface area contributed by atoms with Crippen LogP contribution in [0.5, 0.6) is 0 Å². The highest BCUT2D eigenvalue weighted by molar-refractivity contribution is 7.93. The standard InChI is InChI=1S/C27H32ClFN4O4S/c28-23-12-7-19-17-25(23)38(36,37)33(22-10-8-21(29)9-11-22)16-4-3-14-30-15-13-26(34)31-18-20-5-1-2-6-24(20)32-27(19)35/h3-4,7-12,17,20,24,30H,1-2,5-6,13-16,18H2,(H,31,34)(H,32,35)/b4-3+. The Morgan fingerprint density at radius 3 is 2.55 bits per heavy atom. The van der Waals surface area contributed by atoms with E-state index in [1.165, 1.54) is 42.5 Å². The van der Waals surface area contributed by atoms with Gasteiger partial charge in [0.25, 0.3) is 15.9 Å². The van der Waals surface area contributed by atoms with Gasteiger partial charge >= 0.3 is 0 Å². The van der Waals surface area contributed by atoms with E-state index >= 15 is 0 Å². The van der Waals surface area contributed by atoms with Crippen molar-refractivity contribution >= 4 is 39.1 Å². The maximum Gasteiger partial charge on any atom is 0.266 e. The van der Waals surface area contributed by atoms with Crippen molar-refractivity contribution in [1.29, 1.82) is 0 Å². The lowest BCUT2D eigenvalue weighted by Gasteiger charge is -2.32. The molecule has 11 heteroatoms. The molecule has 1 aliphatic heterocycles. The zero-order valence-corrected chi connectivity index (χ0v) is 22.5. The van der Waals surface area contributed by atoms with Crippen LogP contribution < -0.4 is 20.3 Å². The molecule has 3 N–H and O–H groups in total. The molecule has 2 unspecified atom stereocenters. The van der Waals surface area contributed by atoms with Crippen LogP contribution in [0.15, 0.2) is 59.5 Å². The first-order valence-electron chi connectivity index (χ1n) is 12.8. The number of rotatable bonds is 1. The number of benzene rings is 2. The van der Waals surface area contributed by atoms with Gasteiger partial charge in [0.1, 0.15) is 10.7 Å². The first-order valence-corrected chi connectivity index (χ1v) is 14.6. The second-order valence-electron chi connectivity index (χ2n) is 9.51. The average Bonchev–Trinajstić information content (AvgIpc) is 2.90. The van der Waals surface area contributed by atoms with Crippen LogP contribution in [0.1, 0.15) is 42.5 Å². The van der Waals surface area contributed by atoms with Crippen LogP contribution in [-0.2, 0) is 14.8 Å². The van der Waals surface area contributed by atoms with Crippen molar-refractivity contribution in [3.05, 3.63) is 71.0 Å². The van der Waals surface area contributed by atoms with Crippen molar-refractivity contribution in [2.45, 2.75) is 43.0 Å². The molecule has 2 aromatic carbocycles. The van der Waals surface area contributed by atoms with E-state index in [4.69, 9.17) is 11.6 Å². The molecule has 0 radical (unpaired) electrons. The average molecular weight is 563 g/mol. The molecule has 0 saturated heterocycles. The number of sulfonamides is 1. The smallest absolute Gasteiger partial charge is 0.266 e. The summed E-state index contributed by atoms with van der Waals surface area (Å²) >= 11 is 6.36. The van der Waals surface area contributed by atoms with Crippen molar-refractivity contribution < 1.29 is 22.4 Å². The molecule has 38 heavy (non-hydrogen) atoms. The fraction of sp³-hybridized carbons (Fsp3) is 0.407. The molecule has 0 spiro atoms. The lowest BCUT2D eigenvalue weighted by molar-refractivity contribution is -0.121. The number of carbonyl (C=O) groups excluding carboxylic acids is 2. The van der Waals surface area contributed by atoms with Crippen molar-refractivity contribution in [3.8, 4) is 0 Å². The van der Waals surface area contributed by atoms with Gasteiger partial charge in [0.05, 0.1) is 17.3 Å². The summed E-state index contributed by atoms with van der Waals surface area (Å²) in [6.07, 6.45) is 7.35. The Hall–Kier alpha value is -2.95. The van der Waals surface area contributed by atoms with Crippen LogP contribution in [0.25, 0.3) is 0 Å². The van der Waals surface area contributed by atoms with Crippen molar-refractivity contribution in [2.24, 2.45) is 5.92 Å². The number of fused-ring (bicyclic) bond motifs is 3. The van der Waals surface area contributed by atoms with E-state index in [-0.39, 0.29) is 45.6 Å². The van der Waals surface area contributed by atoms with E-state index in [2.05, 4.69) is 16.0 Å². The van der Waals surface area contributed by atoms with Crippen LogP contribution in [0.2, 0.25) is 5.02 Å². The number of hydrogen-bond donors (Lipinski definition) is 3. The summed E-state index contributed by atoms with van der Waals surface area (Å²) in [5, 5.41) is 9.15. The lowest BCUT2D eigenvalue weighted by Crippen LogP contribution is -2.46. The number of nitrogens with one attached hydrogen (secondary N) is 3. The van der Waals surface area contributed by atoms with Gasteiger partial charge in [-0.1, -0.05) is 36.6 Å². The Bertz CT molecular complexity index is 1290. The second kappa shape index (κ2) is 12.7. The summed E-state index contributed by atoms with van der Waals surface area (Å²) in [6.45, 7) is 1.32. The number of amides is 2. The molecule has 0 aromatic heterocycles. The molecule has 2 atom stereocenters. The third kappa shape index (κ3) is 6.92. The molecule has 4 rings (SSSR count). The van der Waals surface area contributed by atoms with E-state index in [0.717, 1.165) is 30.0 Å². The molecule has 2 aromatic rings. The molecule has 2 aliphatic rings. The zero-order valence-electron chi connectivity index (χ0n) is 21.0. The third-order valence-corrected chi connectivity index (χ3v) is 9.17. The van der Waals surface area contributed by atoms with Crippen LogP contribution >= 0.6 is 11.6 Å². The van der Waals surface area contributed by atoms with Crippen LogP contribution in [0, 0.1) is 11.7 Å². The van der Waals surface area contributed by atoms with E-state index in [1.807, 2.05) is 0 Å². The molecule has 8 nitrogen and oxygen atoms in total. The number of nitrogens with zero attached hydrogens (tertiary/aromatic N) is 1. The third-order valence-electron chi connectivity index (χ3n) is 6.89. The maximum atomic E-state index is 13.8. The highest BCUT2D eigenvalue weighted by atomic mass is 35.5. The molecular formula is C27H32ClFN4O4S.